The summed E-state index contributed by atoms with van der Waals surface area (Å²) in [5.74, 6) is 1.23. The summed E-state index contributed by atoms with van der Waals surface area (Å²) < 4.78 is 13.0. The van der Waals surface area contributed by atoms with E-state index >= 15 is 0 Å². The molecule has 6 heteroatoms. The number of hydrogen-bond donors (Lipinski definition) is 0. The first kappa shape index (κ1) is 27.8. The second-order valence-electron chi connectivity index (χ2n) is 10.9. The summed E-state index contributed by atoms with van der Waals surface area (Å²) in [5, 5.41) is 0. The standard InChI is InChI=1S/C35H34INO4/c1-40-31-21-25(20-26(36)35(31)41-22-24-12-6-3-7-13-24)32-33-27(14-8-16-29(33)38)37(19-18-23-10-4-2-5-11-23)28-15-9-17-30(39)34(28)32/h2-7,10-13,20-21,32H,8-9,14-19,22H2,1H3. The van der Waals surface area contributed by atoms with E-state index in [1.54, 1.807) is 7.11 Å². The molecule has 0 amide bonds. The van der Waals surface area contributed by atoms with Gasteiger partial charge in [0.15, 0.2) is 23.1 Å². The van der Waals surface area contributed by atoms with Crippen LogP contribution < -0.4 is 9.47 Å². The molecule has 0 fully saturated rings. The Labute approximate surface area is 255 Å². The van der Waals surface area contributed by atoms with Crippen LogP contribution in [0.2, 0.25) is 0 Å². The molecule has 6 rings (SSSR count). The van der Waals surface area contributed by atoms with Crippen molar-refractivity contribution < 1.29 is 19.1 Å². The fraction of sp³-hybridized carbons (Fsp3) is 0.314. The molecule has 3 aromatic carbocycles. The minimum Gasteiger partial charge on any atom is -0.493 e. The summed E-state index contributed by atoms with van der Waals surface area (Å²) in [6.07, 6.45) is 5.29. The van der Waals surface area contributed by atoms with Gasteiger partial charge in [0.25, 0.3) is 0 Å². The highest BCUT2D eigenvalue weighted by molar-refractivity contribution is 14.1. The maximum atomic E-state index is 13.7. The first-order chi connectivity index (χ1) is 20.0. The molecule has 41 heavy (non-hydrogen) atoms. The first-order valence-corrected chi connectivity index (χ1v) is 15.5. The van der Waals surface area contributed by atoms with Crippen LogP contribution >= 0.6 is 22.6 Å². The van der Waals surface area contributed by atoms with Gasteiger partial charge in [0.2, 0.25) is 0 Å². The van der Waals surface area contributed by atoms with E-state index < -0.39 is 0 Å². The number of carbonyl (C=O) groups is 2. The normalized spacial score (nSPS) is 17.5. The third-order valence-electron chi connectivity index (χ3n) is 8.36. The van der Waals surface area contributed by atoms with Crippen LogP contribution in [0.4, 0.5) is 0 Å². The van der Waals surface area contributed by atoms with Crippen molar-refractivity contribution in [2.45, 2.75) is 57.5 Å². The lowest BCUT2D eigenvalue weighted by atomic mass is 9.71. The van der Waals surface area contributed by atoms with Crippen LogP contribution in [0.15, 0.2) is 95.3 Å². The Morgan fingerprint density at radius 2 is 1.39 bits per heavy atom. The van der Waals surface area contributed by atoms with Gasteiger partial charge >= 0.3 is 0 Å². The van der Waals surface area contributed by atoms with Crippen LogP contribution in [0, 0.1) is 3.57 Å². The van der Waals surface area contributed by atoms with Crippen LogP contribution in [-0.2, 0) is 22.6 Å². The molecule has 2 aliphatic carbocycles. The van der Waals surface area contributed by atoms with Gasteiger partial charge in [0.1, 0.15) is 6.61 Å². The molecular weight excluding hydrogens is 625 g/mol. The van der Waals surface area contributed by atoms with Crippen molar-refractivity contribution in [2.24, 2.45) is 0 Å². The average molecular weight is 660 g/mol. The zero-order valence-electron chi connectivity index (χ0n) is 23.3. The Morgan fingerprint density at radius 3 is 1.98 bits per heavy atom. The number of ether oxygens (including phenoxy) is 2. The maximum Gasteiger partial charge on any atom is 0.174 e. The summed E-state index contributed by atoms with van der Waals surface area (Å²) >= 11 is 2.29. The van der Waals surface area contributed by atoms with Crippen molar-refractivity contribution in [1.29, 1.82) is 0 Å². The quantitative estimate of drug-likeness (QED) is 0.234. The molecule has 1 aliphatic heterocycles. The highest BCUT2D eigenvalue weighted by Gasteiger charge is 2.43. The molecule has 0 aromatic heterocycles. The molecular formula is C35H34INO4. The Balaban J connectivity index is 1.42. The Bertz CT molecular complexity index is 1480. The molecule has 0 atom stereocenters. The van der Waals surface area contributed by atoms with Crippen LogP contribution in [0.1, 0.15) is 61.1 Å². The van der Waals surface area contributed by atoms with Gasteiger partial charge in [-0.25, -0.2) is 0 Å². The number of allylic oxidation sites excluding steroid dienone is 4. The minimum atomic E-state index is -0.376. The Kier molecular flexibility index (Phi) is 8.28. The van der Waals surface area contributed by atoms with E-state index in [-0.39, 0.29) is 17.5 Å². The molecule has 0 unspecified atom stereocenters. The van der Waals surface area contributed by atoms with Gasteiger partial charge in [0, 0.05) is 47.8 Å². The van der Waals surface area contributed by atoms with E-state index in [0.717, 1.165) is 75.9 Å². The lowest BCUT2D eigenvalue weighted by Gasteiger charge is -2.44. The van der Waals surface area contributed by atoms with Crippen LogP contribution in [0.5, 0.6) is 11.5 Å². The number of nitrogens with zero attached hydrogens (tertiary/aromatic N) is 1. The highest BCUT2D eigenvalue weighted by Crippen LogP contribution is 2.50. The van der Waals surface area contributed by atoms with Gasteiger partial charge in [-0.05, 0) is 83.5 Å². The van der Waals surface area contributed by atoms with Crippen molar-refractivity contribution in [3.63, 3.8) is 0 Å². The lowest BCUT2D eigenvalue weighted by Crippen LogP contribution is -2.40. The summed E-state index contributed by atoms with van der Waals surface area (Å²) in [6, 6.07) is 24.5. The van der Waals surface area contributed by atoms with Gasteiger partial charge < -0.3 is 14.4 Å². The molecule has 210 valence electrons. The van der Waals surface area contributed by atoms with Crippen molar-refractivity contribution >= 4 is 34.2 Å². The Hall–Kier alpha value is -3.39. The molecule has 5 nitrogen and oxygen atoms in total. The summed E-state index contributed by atoms with van der Waals surface area (Å²) in [6.45, 7) is 1.19. The zero-order valence-corrected chi connectivity index (χ0v) is 25.5. The molecule has 0 saturated heterocycles. The molecule has 0 bridgehead atoms. The summed E-state index contributed by atoms with van der Waals surface area (Å²) in [4.78, 5) is 29.7. The fourth-order valence-electron chi connectivity index (χ4n) is 6.48. The van der Waals surface area contributed by atoms with E-state index in [9.17, 15) is 9.59 Å². The SMILES string of the molecule is COc1cc(C2C3=C(CCCC3=O)N(CCc3ccccc3)C3=C2C(=O)CCC3)cc(I)c1OCc1ccccc1. The zero-order chi connectivity index (χ0) is 28.3. The van der Waals surface area contributed by atoms with Crippen LogP contribution in [0.25, 0.3) is 0 Å². The minimum absolute atomic E-state index is 0.157. The second kappa shape index (κ2) is 12.2. The topological polar surface area (TPSA) is 55.8 Å². The van der Waals surface area contributed by atoms with Crippen LogP contribution in [-0.4, -0.2) is 30.1 Å². The van der Waals surface area contributed by atoms with E-state index in [0.29, 0.717) is 30.9 Å². The molecule has 0 spiro atoms. The van der Waals surface area contributed by atoms with E-state index in [4.69, 9.17) is 9.47 Å². The van der Waals surface area contributed by atoms with Gasteiger partial charge in [-0.15, -0.1) is 0 Å². The lowest BCUT2D eigenvalue weighted by molar-refractivity contribution is -0.117. The maximum absolute atomic E-state index is 13.7. The van der Waals surface area contributed by atoms with Gasteiger partial charge in [-0.1, -0.05) is 60.7 Å². The smallest absolute Gasteiger partial charge is 0.174 e. The third kappa shape index (κ3) is 5.59. The number of halogens is 1. The molecule has 3 aromatic rings. The largest absolute Gasteiger partial charge is 0.493 e. The average Bonchev–Trinajstić information content (AvgIpc) is 3.00. The Morgan fingerprint density at radius 1 is 0.805 bits per heavy atom. The van der Waals surface area contributed by atoms with Crippen molar-refractivity contribution in [3.8, 4) is 11.5 Å². The second-order valence-corrected chi connectivity index (χ2v) is 12.1. The highest BCUT2D eigenvalue weighted by atomic mass is 127. The molecule has 0 radical (unpaired) electrons. The van der Waals surface area contributed by atoms with Gasteiger partial charge in [0.05, 0.1) is 10.7 Å². The van der Waals surface area contributed by atoms with Crippen LogP contribution in [0.3, 0.4) is 0 Å². The van der Waals surface area contributed by atoms with Gasteiger partial charge in [-0.3, -0.25) is 9.59 Å². The summed E-state index contributed by atoms with van der Waals surface area (Å²) in [7, 11) is 1.64. The fourth-order valence-corrected chi connectivity index (χ4v) is 7.26. The number of ketones is 2. The van der Waals surface area contributed by atoms with E-state index in [2.05, 4.69) is 57.8 Å². The monoisotopic (exact) mass is 659 g/mol. The van der Waals surface area contributed by atoms with Crippen molar-refractivity contribution in [1.82, 2.24) is 4.90 Å². The third-order valence-corrected chi connectivity index (χ3v) is 9.17. The molecule has 0 saturated carbocycles. The number of carbonyl (C=O) groups excluding carboxylic acids is 2. The van der Waals surface area contributed by atoms with Crippen molar-refractivity contribution in [2.75, 3.05) is 13.7 Å². The van der Waals surface area contributed by atoms with E-state index in [1.165, 1.54) is 5.56 Å². The molecule has 1 heterocycles. The first-order valence-electron chi connectivity index (χ1n) is 14.4. The number of rotatable bonds is 8. The molecule has 0 N–H and O–H groups in total. The summed E-state index contributed by atoms with van der Waals surface area (Å²) in [5.41, 5.74) is 7.06. The van der Waals surface area contributed by atoms with Crippen molar-refractivity contribution in [3.05, 3.63) is 116 Å². The van der Waals surface area contributed by atoms with Gasteiger partial charge in [-0.2, -0.15) is 0 Å². The predicted octanol–water partition coefficient (Wildman–Crippen LogP) is 7.53. The number of Topliss-reactive ketones (excluding diaryl/α,β-unsaturated/α-hetero) is 2. The molecule has 3 aliphatic rings. The predicted molar refractivity (Wildman–Crippen MR) is 168 cm³/mol. The number of benzene rings is 3. The van der Waals surface area contributed by atoms with E-state index in [1.807, 2.05) is 42.5 Å². The number of hydrogen-bond acceptors (Lipinski definition) is 5. The number of methoxy groups -OCH3 is 1.